The molecule has 6 rings (SSSR count). The molecule has 42 heavy (non-hydrogen) atoms. The summed E-state index contributed by atoms with van der Waals surface area (Å²) in [5.41, 5.74) is 6.34. The maximum Gasteiger partial charge on any atom is 0.298 e. The number of rotatable bonds is 8. The van der Waals surface area contributed by atoms with Crippen molar-refractivity contribution < 1.29 is 14.3 Å². The molecule has 212 valence electrons. The molecular weight excluding hydrogens is 526 g/mol. The first kappa shape index (κ1) is 27.2. The molecule has 3 aromatic heterocycles. The lowest BCUT2D eigenvalue weighted by molar-refractivity contribution is -0.112. The van der Waals surface area contributed by atoms with E-state index < -0.39 is 11.7 Å². The molecule has 8 nitrogen and oxygen atoms in total. The number of aryl methyl sites for hydroxylation is 1. The van der Waals surface area contributed by atoms with E-state index in [9.17, 15) is 9.59 Å². The minimum Gasteiger partial charge on any atom is -0.380 e. The minimum atomic E-state index is -0.689. The lowest BCUT2D eigenvalue weighted by Crippen LogP contribution is -2.47. The van der Waals surface area contributed by atoms with Crippen LogP contribution in [0.25, 0.3) is 16.6 Å². The van der Waals surface area contributed by atoms with Gasteiger partial charge in [0.05, 0.1) is 6.61 Å². The molecule has 0 radical (unpaired) electrons. The SMILES string of the molecule is COCc1cc(NC(=O)C(=O)c2c(-c3ccccc3)cc3ccccn23)ccc1N1CCN(c2cccc(C)n2)CC1. The number of anilines is 3. The Morgan fingerprint density at radius 3 is 2.38 bits per heavy atom. The summed E-state index contributed by atoms with van der Waals surface area (Å²) in [5.74, 6) is -0.287. The van der Waals surface area contributed by atoms with Crippen molar-refractivity contribution >= 4 is 34.4 Å². The summed E-state index contributed by atoms with van der Waals surface area (Å²) in [6.45, 7) is 5.76. The lowest BCUT2D eigenvalue weighted by atomic mass is 10.0. The first-order chi connectivity index (χ1) is 20.5. The van der Waals surface area contributed by atoms with Crippen LogP contribution < -0.4 is 15.1 Å². The van der Waals surface area contributed by atoms with Gasteiger partial charge in [0, 0.05) is 73.2 Å². The summed E-state index contributed by atoms with van der Waals surface area (Å²) in [7, 11) is 1.66. The van der Waals surface area contributed by atoms with Gasteiger partial charge in [0.25, 0.3) is 11.7 Å². The second kappa shape index (κ2) is 11.9. The molecule has 0 bridgehead atoms. The Kier molecular flexibility index (Phi) is 7.70. The number of nitrogens with one attached hydrogen (secondary N) is 1. The number of fused-ring (bicyclic) bond motifs is 1. The first-order valence-electron chi connectivity index (χ1n) is 14.1. The molecule has 1 saturated heterocycles. The number of piperazine rings is 1. The van der Waals surface area contributed by atoms with Gasteiger partial charge in [0.1, 0.15) is 11.5 Å². The van der Waals surface area contributed by atoms with E-state index in [-0.39, 0.29) is 0 Å². The fourth-order valence-corrected chi connectivity index (χ4v) is 5.61. The number of pyridine rings is 2. The zero-order chi connectivity index (χ0) is 29.1. The van der Waals surface area contributed by atoms with Crippen LogP contribution in [0.4, 0.5) is 17.2 Å². The summed E-state index contributed by atoms with van der Waals surface area (Å²) in [4.78, 5) is 36.3. The molecule has 5 aromatic rings. The standard InChI is InChI=1S/C34H33N5O3/c1-24-9-8-13-31(35-24)38-19-17-37(18-20-38)30-15-14-27(21-26(30)23-42-2)36-34(41)33(40)32-29(25-10-4-3-5-11-25)22-28-12-6-7-16-39(28)32/h3-16,21-22H,17-20,23H2,1-2H3,(H,36,41). The molecule has 1 amide bonds. The third kappa shape index (κ3) is 5.49. The van der Waals surface area contributed by atoms with Gasteiger partial charge in [-0.3, -0.25) is 9.59 Å². The fraction of sp³-hybridized carbons (Fsp3) is 0.206. The third-order valence-electron chi connectivity index (χ3n) is 7.64. The molecule has 1 aliphatic rings. The number of amides is 1. The van der Waals surface area contributed by atoms with Crippen molar-refractivity contribution in [2.24, 2.45) is 0 Å². The lowest BCUT2D eigenvalue weighted by Gasteiger charge is -2.37. The van der Waals surface area contributed by atoms with Crippen LogP contribution in [0.3, 0.4) is 0 Å². The van der Waals surface area contributed by atoms with Gasteiger partial charge in [-0.05, 0) is 61.0 Å². The fourth-order valence-electron chi connectivity index (χ4n) is 5.61. The highest BCUT2D eigenvalue weighted by Crippen LogP contribution is 2.30. The highest BCUT2D eigenvalue weighted by Gasteiger charge is 2.26. The molecule has 2 aromatic carbocycles. The van der Waals surface area contributed by atoms with Crippen LogP contribution in [0.2, 0.25) is 0 Å². The largest absolute Gasteiger partial charge is 0.380 e. The topological polar surface area (TPSA) is 79.2 Å². The Labute approximate surface area is 245 Å². The van der Waals surface area contributed by atoms with E-state index >= 15 is 0 Å². The van der Waals surface area contributed by atoms with E-state index in [2.05, 4.69) is 26.2 Å². The van der Waals surface area contributed by atoms with Gasteiger partial charge >= 0.3 is 0 Å². The maximum absolute atomic E-state index is 13.6. The van der Waals surface area contributed by atoms with Crippen LogP contribution in [0.5, 0.6) is 0 Å². The molecule has 0 atom stereocenters. The van der Waals surface area contributed by atoms with Gasteiger partial charge in [-0.15, -0.1) is 0 Å². The Bertz CT molecular complexity index is 1740. The van der Waals surface area contributed by atoms with E-state index in [0.717, 1.165) is 65.6 Å². The highest BCUT2D eigenvalue weighted by molar-refractivity contribution is 6.47. The number of methoxy groups -OCH3 is 1. The smallest absolute Gasteiger partial charge is 0.298 e. The van der Waals surface area contributed by atoms with Crippen molar-refractivity contribution in [2.75, 3.05) is 48.4 Å². The van der Waals surface area contributed by atoms with Crippen LogP contribution in [0.15, 0.2) is 97.2 Å². The van der Waals surface area contributed by atoms with Crippen LogP contribution in [0, 0.1) is 6.92 Å². The predicted octanol–water partition coefficient (Wildman–Crippen LogP) is 5.60. The quantitative estimate of drug-likeness (QED) is 0.197. The summed E-state index contributed by atoms with van der Waals surface area (Å²) in [6.07, 6.45) is 1.81. The number of nitrogens with zero attached hydrogens (tertiary/aromatic N) is 4. The zero-order valence-corrected chi connectivity index (χ0v) is 23.8. The molecule has 0 spiro atoms. The number of aromatic nitrogens is 2. The van der Waals surface area contributed by atoms with E-state index in [1.54, 1.807) is 11.5 Å². The van der Waals surface area contributed by atoms with Crippen LogP contribution in [-0.4, -0.2) is 54.4 Å². The number of ketones is 1. The monoisotopic (exact) mass is 559 g/mol. The minimum absolute atomic E-state index is 0.337. The van der Waals surface area contributed by atoms with Crippen LogP contribution in [-0.2, 0) is 16.1 Å². The summed E-state index contributed by atoms with van der Waals surface area (Å²) in [6, 6.07) is 29.1. The Balaban J connectivity index is 1.21. The number of ether oxygens (including phenoxy) is 1. The van der Waals surface area contributed by atoms with E-state index in [4.69, 9.17) is 4.74 Å². The second-order valence-corrected chi connectivity index (χ2v) is 10.4. The average Bonchev–Trinajstić information content (AvgIpc) is 3.41. The van der Waals surface area contributed by atoms with Crippen molar-refractivity contribution in [2.45, 2.75) is 13.5 Å². The van der Waals surface area contributed by atoms with E-state index in [0.29, 0.717) is 18.0 Å². The van der Waals surface area contributed by atoms with Crippen molar-refractivity contribution in [3.05, 3.63) is 114 Å². The maximum atomic E-state index is 13.6. The molecule has 1 N–H and O–H groups in total. The molecule has 0 saturated carbocycles. The van der Waals surface area contributed by atoms with Gasteiger partial charge < -0.3 is 24.3 Å². The van der Waals surface area contributed by atoms with Crippen molar-refractivity contribution in [3.8, 4) is 11.1 Å². The molecular formula is C34H33N5O3. The van der Waals surface area contributed by atoms with Crippen LogP contribution >= 0.6 is 0 Å². The highest BCUT2D eigenvalue weighted by atomic mass is 16.5. The van der Waals surface area contributed by atoms with Crippen molar-refractivity contribution in [1.82, 2.24) is 9.38 Å². The van der Waals surface area contributed by atoms with Gasteiger partial charge in [-0.1, -0.05) is 42.5 Å². The number of carbonyl (C=O) groups is 2. The number of hydrogen-bond donors (Lipinski definition) is 1. The van der Waals surface area contributed by atoms with E-state index in [1.807, 2.05) is 98.0 Å². The molecule has 0 aliphatic carbocycles. The summed E-state index contributed by atoms with van der Waals surface area (Å²) < 4.78 is 7.29. The van der Waals surface area contributed by atoms with E-state index in [1.165, 1.54) is 0 Å². The Morgan fingerprint density at radius 1 is 0.857 bits per heavy atom. The Hall–Kier alpha value is -4.95. The molecule has 0 unspecified atom stereocenters. The third-order valence-corrected chi connectivity index (χ3v) is 7.64. The normalized spacial score (nSPS) is 13.4. The predicted molar refractivity (Wildman–Crippen MR) is 166 cm³/mol. The van der Waals surface area contributed by atoms with Crippen molar-refractivity contribution in [3.63, 3.8) is 0 Å². The van der Waals surface area contributed by atoms with Gasteiger partial charge in [0.15, 0.2) is 0 Å². The number of Topliss-reactive ketones (excluding diaryl/α,β-unsaturated/α-hetero) is 1. The molecule has 1 aliphatic heterocycles. The molecule has 1 fully saturated rings. The van der Waals surface area contributed by atoms with Crippen LogP contribution in [0.1, 0.15) is 21.7 Å². The van der Waals surface area contributed by atoms with Crippen molar-refractivity contribution in [1.29, 1.82) is 0 Å². The van der Waals surface area contributed by atoms with Gasteiger partial charge in [-0.2, -0.15) is 0 Å². The number of hydrogen-bond acceptors (Lipinski definition) is 6. The average molecular weight is 560 g/mol. The first-order valence-corrected chi connectivity index (χ1v) is 14.1. The zero-order valence-electron chi connectivity index (χ0n) is 23.8. The Morgan fingerprint density at radius 2 is 1.62 bits per heavy atom. The number of carbonyl (C=O) groups excluding carboxylic acids is 2. The molecule has 8 heteroatoms. The summed E-state index contributed by atoms with van der Waals surface area (Å²) >= 11 is 0. The second-order valence-electron chi connectivity index (χ2n) is 10.4. The molecule has 4 heterocycles. The van der Waals surface area contributed by atoms with Gasteiger partial charge in [0.2, 0.25) is 0 Å². The summed E-state index contributed by atoms with van der Waals surface area (Å²) in [5, 5.41) is 2.84. The number of benzene rings is 2. The van der Waals surface area contributed by atoms with Gasteiger partial charge in [-0.25, -0.2) is 4.98 Å².